The number of amides is 1. The summed E-state index contributed by atoms with van der Waals surface area (Å²) in [5.41, 5.74) is 0.812. The number of hydrogen-bond donors (Lipinski definition) is 1. The summed E-state index contributed by atoms with van der Waals surface area (Å²) in [5, 5.41) is 4.68. The van der Waals surface area contributed by atoms with Crippen LogP contribution in [0.5, 0.6) is 0 Å². The summed E-state index contributed by atoms with van der Waals surface area (Å²) in [6.45, 7) is 9.74. The molecule has 0 atom stereocenters. The predicted molar refractivity (Wildman–Crippen MR) is 92.4 cm³/mol. The molecule has 1 saturated heterocycles. The highest BCUT2D eigenvalue weighted by Crippen LogP contribution is 2.38. The topological polar surface area (TPSA) is 64.6 Å². The summed E-state index contributed by atoms with van der Waals surface area (Å²) in [6.07, 6.45) is 2.73. The fraction of sp³-hybridized carbons (Fsp3) is 0.500. The summed E-state index contributed by atoms with van der Waals surface area (Å²) in [7, 11) is -0.536. The van der Waals surface area contributed by atoms with E-state index in [0.29, 0.717) is 11.4 Å². The lowest BCUT2D eigenvalue weighted by Crippen LogP contribution is -2.41. The Morgan fingerprint density at radius 3 is 2.39 bits per heavy atom. The van der Waals surface area contributed by atoms with Crippen molar-refractivity contribution in [3.05, 3.63) is 27.4 Å². The maximum atomic E-state index is 11.3. The summed E-state index contributed by atoms with van der Waals surface area (Å²) in [4.78, 5) is 22.7. The highest BCUT2D eigenvalue weighted by molar-refractivity contribution is 7.11. The van der Waals surface area contributed by atoms with Crippen LogP contribution in [0.4, 0.5) is 0 Å². The van der Waals surface area contributed by atoms with Gasteiger partial charge in [0.25, 0.3) is 0 Å². The van der Waals surface area contributed by atoms with Crippen molar-refractivity contribution < 1.29 is 18.9 Å². The molecule has 0 bridgehead atoms. The molecule has 1 aliphatic heterocycles. The summed E-state index contributed by atoms with van der Waals surface area (Å²) < 4.78 is 12.1. The second kappa shape index (κ2) is 6.59. The first-order valence-corrected chi connectivity index (χ1v) is 8.37. The predicted octanol–water partition coefficient (Wildman–Crippen LogP) is 2.71. The Morgan fingerprint density at radius 1 is 1.30 bits per heavy atom. The van der Waals surface area contributed by atoms with E-state index in [1.165, 1.54) is 18.3 Å². The molecule has 0 spiro atoms. The normalized spacial score (nSPS) is 19.7. The van der Waals surface area contributed by atoms with Crippen molar-refractivity contribution in [1.29, 1.82) is 0 Å². The molecule has 0 aliphatic carbocycles. The first-order chi connectivity index (χ1) is 10.6. The van der Waals surface area contributed by atoms with Crippen molar-refractivity contribution >= 4 is 36.7 Å². The van der Waals surface area contributed by atoms with E-state index in [1.54, 1.807) is 6.07 Å². The highest BCUT2D eigenvalue weighted by atomic mass is 32.1. The lowest BCUT2D eigenvalue weighted by Gasteiger charge is -2.32. The van der Waals surface area contributed by atoms with Gasteiger partial charge in [-0.1, -0.05) is 6.08 Å². The van der Waals surface area contributed by atoms with Crippen molar-refractivity contribution in [3.63, 3.8) is 0 Å². The van der Waals surface area contributed by atoms with Gasteiger partial charge in [0.1, 0.15) is 0 Å². The first kappa shape index (κ1) is 17.9. The monoisotopic (exact) mass is 335 g/mol. The Hall–Kier alpha value is -1.44. The molecule has 1 aromatic heterocycles. The van der Waals surface area contributed by atoms with Gasteiger partial charge in [0.2, 0.25) is 5.91 Å². The van der Waals surface area contributed by atoms with E-state index in [2.05, 4.69) is 5.32 Å². The van der Waals surface area contributed by atoms with Gasteiger partial charge in [0.15, 0.2) is 6.29 Å². The number of hydrogen-bond acceptors (Lipinski definition) is 5. The quantitative estimate of drug-likeness (QED) is 0.664. The Morgan fingerprint density at radius 2 is 1.91 bits per heavy atom. The van der Waals surface area contributed by atoms with Crippen LogP contribution >= 0.6 is 11.3 Å². The van der Waals surface area contributed by atoms with E-state index in [9.17, 15) is 9.59 Å². The standard InChI is InChI=1S/C16H22BNO4S/c1-11(20)18-8-13(6-12-7-14(9-19)23-10-12)17-21-15(2,3)16(4,5)22-17/h6-7,9-10H,8H2,1-5H3,(H,18,20). The van der Waals surface area contributed by atoms with Crippen LogP contribution in [-0.4, -0.2) is 37.1 Å². The number of rotatable bonds is 5. The molecule has 1 aromatic rings. The maximum absolute atomic E-state index is 11.3. The third-order valence-corrected chi connectivity index (χ3v) is 5.08. The van der Waals surface area contributed by atoms with Gasteiger partial charge >= 0.3 is 7.12 Å². The van der Waals surface area contributed by atoms with Crippen LogP contribution in [0.2, 0.25) is 0 Å². The zero-order chi connectivity index (χ0) is 17.3. The third-order valence-electron chi connectivity index (χ3n) is 4.21. The fourth-order valence-electron chi connectivity index (χ4n) is 2.14. The minimum Gasteiger partial charge on any atom is -0.400 e. The van der Waals surface area contributed by atoms with Gasteiger partial charge in [-0.05, 0) is 50.2 Å². The minimum absolute atomic E-state index is 0.119. The molecule has 7 heteroatoms. The van der Waals surface area contributed by atoms with E-state index in [-0.39, 0.29) is 5.91 Å². The van der Waals surface area contributed by atoms with Gasteiger partial charge in [-0.15, -0.1) is 11.3 Å². The molecule has 23 heavy (non-hydrogen) atoms. The second-order valence-corrected chi connectivity index (χ2v) is 7.56. The lowest BCUT2D eigenvalue weighted by molar-refractivity contribution is -0.118. The smallest absolute Gasteiger partial charge is 0.400 e. The van der Waals surface area contributed by atoms with Crippen molar-refractivity contribution in [1.82, 2.24) is 5.32 Å². The van der Waals surface area contributed by atoms with Crippen molar-refractivity contribution in [2.75, 3.05) is 6.54 Å². The molecule has 1 aliphatic rings. The third kappa shape index (κ3) is 4.10. The van der Waals surface area contributed by atoms with Gasteiger partial charge < -0.3 is 14.6 Å². The number of thiophene rings is 1. The maximum Gasteiger partial charge on any atom is 0.492 e. The molecule has 0 aromatic carbocycles. The van der Waals surface area contributed by atoms with Crippen LogP contribution in [0.1, 0.15) is 49.9 Å². The van der Waals surface area contributed by atoms with E-state index < -0.39 is 18.3 Å². The average Bonchev–Trinajstić information content (AvgIpc) is 2.97. The number of nitrogens with one attached hydrogen (secondary N) is 1. The summed E-state index contributed by atoms with van der Waals surface area (Å²) in [5.74, 6) is -0.119. The Bertz CT molecular complexity index is 620. The molecule has 0 radical (unpaired) electrons. The second-order valence-electron chi connectivity index (χ2n) is 6.62. The van der Waals surface area contributed by atoms with Gasteiger partial charge in [-0.2, -0.15) is 0 Å². The molecule has 5 nitrogen and oxygen atoms in total. The number of aldehydes is 1. The molecule has 0 unspecified atom stereocenters. The van der Waals surface area contributed by atoms with Crippen LogP contribution in [0.25, 0.3) is 6.08 Å². The molecule has 2 rings (SSSR count). The number of carbonyl (C=O) groups is 2. The molecular formula is C16H22BNO4S. The van der Waals surface area contributed by atoms with E-state index in [1.807, 2.05) is 39.2 Å². The average molecular weight is 335 g/mol. The van der Waals surface area contributed by atoms with Gasteiger partial charge in [-0.25, -0.2) is 0 Å². The van der Waals surface area contributed by atoms with Gasteiger partial charge in [0.05, 0.1) is 16.1 Å². The molecule has 1 N–H and O–H groups in total. The van der Waals surface area contributed by atoms with Crippen molar-refractivity contribution in [3.8, 4) is 0 Å². The summed E-state index contributed by atoms with van der Waals surface area (Å²) in [6, 6.07) is 1.80. The van der Waals surface area contributed by atoms with Crippen LogP contribution in [0, 0.1) is 0 Å². The number of carbonyl (C=O) groups excluding carboxylic acids is 2. The molecule has 1 fully saturated rings. The van der Waals surface area contributed by atoms with E-state index >= 15 is 0 Å². The molecule has 2 heterocycles. The van der Waals surface area contributed by atoms with Crippen LogP contribution in [0.3, 0.4) is 0 Å². The van der Waals surface area contributed by atoms with Crippen LogP contribution in [-0.2, 0) is 14.1 Å². The van der Waals surface area contributed by atoms with Crippen LogP contribution < -0.4 is 5.32 Å². The van der Waals surface area contributed by atoms with Crippen molar-refractivity contribution in [2.45, 2.75) is 45.8 Å². The largest absolute Gasteiger partial charge is 0.492 e. The molecule has 0 saturated carbocycles. The first-order valence-electron chi connectivity index (χ1n) is 7.49. The van der Waals surface area contributed by atoms with Crippen LogP contribution in [0.15, 0.2) is 16.9 Å². The Kier molecular flexibility index (Phi) is 5.13. The summed E-state index contributed by atoms with van der Waals surface area (Å²) >= 11 is 1.38. The molecule has 1 amide bonds. The lowest BCUT2D eigenvalue weighted by atomic mass is 9.77. The van der Waals surface area contributed by atoms with E-state index in [0.717, 1.165) is 17.3 Å². The van der Waals surface area contributed by atoms with Crippen molar-refractivity contribution in [2.24, 2.45) is 0 Å². The Labute approximate surface area is 141 Å². The fourth-order valence-corrected chi connectivity index (χ4v) is 2.81. The molecule has 124 valence electrons. The van der Waals surface area contributed by atoms with Gasteiger partial charge in [-0.3, -0.25) is 9.59 Å². The van der Waals surface area contributed by atoms with E-state index in [4.69, 9.17) is 9.31 Å². The SMILES string of the molecule is CC(=O)NCC(=Cc1csc(C=O)c1)B1OC(C)(C)C(C)(C)O1. The van der Waals surface area contributed by atoms with Gasteiger partial charge in [0, 0.05) is 13.5 Å². The zero-order valence-electron chi connectivity index (χ0n) is 14.1. The zero-order valence-corrected chi connectivity index (χ0v) is 15.0. The minimum atomic E-state index is -0.536. The molecular weight excluding hydrogens is 313 g/mol. The highest BCUT2D eigenvalue weighted by Gasteiger charge is 2.52. The Balaban J connectivity index is 2.27.